The van der Waals surface area contributed by atoms with E-state index in [1.54, 1.807) is 45.2 Å². The molecular formula is C18H25N3O3. The van der Waals surface area contributed by atoms with Crippen molar-refractivity contribution in [1.82, 2.24) is 10.6 Å². The van der Waals surface area contributed by atoms with E-state index in [2.05, 4.69) is 17.2 Å². The van der Waals surface area contributed by atoms with Crippen LogP contribution in [0.4, 0.5) is 5.69 Å². The molecule has 0 aromatic heterocycles. The number of likely N-dealkylation sites (N-methyl/N-ethyl adjacent to an activating group) is 1. The molecule has 6 heteroatoms. The largest absolute Gasteiger partial charge is 0.356 e. The topological polar surface area (TPSA) is 78.5 Å². The molecule has 0 saturated carbocycles. The lowest BCUT2D eigenvalue weighted by molar-refractivity contribution is -0.128. The normalized spacial score (nSPS) is 10.7. The van der Waals surface area contributed by atoms with Crippen LogP contribution in [-0.4, -0.2) is 37.9 Å². The average molecular weight is 331 g/mol. The summed E-state index contributed by atoms with van der Waals surface area (Å²) in [7, 11) is 1.63. The predicted molar refractivity (Wildman–Crippen MR) is 94.8 cm³/mol. The van der Waals surface area contributed by atoms with E-state index in [-0.39, 0.29) is 24.3 Å². The zero-order valence-electron chi connectivity index (χ0n) is 14.7. The second kappa shape index (κ2) is 8.29. The number of amides is 3. The Hall–Kier alpha value is -2.63. The zero-order valence-corrected chi connectivity index (χ0v) is 14.7. The van der Waals surface area contributed by atoms with Gasteiger partial charge in [-0.2, -0.15) is 0 Å². The lowest BCUT2D eigenvalue weighted by atomic mass is 9.92. The number of rotatable bonds is 7. The highest BCUT2D eigenvalue weighted by Crippen LogP contribution is 2.16. The Bertz CT molecular complexity index is 621. The van der Waals surface area contributed by atoms with Crippen molar-refractivity contribution in [3.05, 3.63) is 42.5 Å². The predicted octanol–water partition coefficient (Wildman–Crippen LogP) is 1.73. The summed E-state index contributed by atoms with van der Waals surface area (Å²) in [6.07, 6.45) is 1.23. The van der Waals surface area contributed by atoms with Crippen molar-refractivity contribution < 1.29 is 14.4 Å². The van der Waals surface area contributed by atoms with Gasteiger partial charge in [0.2, 0.25) is 11.8 Å². The summed E-state index contributed by atoms with van der Waals surface area (Å²) in [4.78, 5) is 37.1. The van der Waals surface area contributed by atoms with E-state index in [1.165, 1.54) is 11.0 Å². The lowest BCUT2D eigenvalue weighted by Gasteiger charge is -2.23. The molecule has 1 rings (SSSR count). The Morgan fingerprint density at radius 1 is 1.17 bits per heavy atom. The molecule has 6 nitrogen and oxygen atoms in total. The molecule has 1 aromatic carbocycles. The standard InChI is InChI=1S/C18H25N3O3/c1-6-15(22)21(5)14-10-8-13(9-11-14)16(23)20-12-18(3,4)17(24)19-7-2/h6,8-11H,1,7,12H2,2-5H3,(H,19,24)(H,20,23). The number of carbonyl (C=O) groups is 3. The molecule has 2 N–H and O–H groups in total. The van der Waals surface area contributed by atoms with Crippen LogP contribution in [0.15, 0.2) is 36.9 Å². The Morgan fingerprint density at radius 2 is 1.75 bits per heavy atom. The summed E-state index contributed by atoms with van der Waals surface area (Å²) >= 11 is 0. The van der Waals surface area contributed by atoms with E-state index in [4.69, 9.17) is 0 Å². The van der Waals surface area contributed by atoms with Crippen molar-refractivity contribution in [2.45, 2.75) is 20.8 Å². The molecule has 24 heavy (non-hydrogen) atoms. The number of carbonyl (C=O) groups excluding carboxylic acids is 3. The van der Waals surface area contributed by atoms with Gasteiger partial charge in [0.05, 0.1) is 5.41 Å². The summed E-state index contributed by atoms with van der Waals surface area (Å²) in [6.45, 7) is 9.62. The molecule has 0 aliphatic rings. The summed E-state index contributed by atoms with van der Waals surface area (Å²) < 4.78 is 0. The van der Waals surface area contributed by atoms with Crippen LogP contribution in [0.5, 0.6) is 0 Å². The maximum Gasteiger partial charge on any atom is 0.251 e. The molecular weight excluding hydrogens is 306 g/mol. The molecule has 0 aliphatic carbocycles. The molecule has 0 bridgehead atoms. The van der Waals surface area contributed by atoms with Gasteiger partial charge in [0.1, 0.15) is 0 Å². The van der Waals surface area contributed by atoms with Crippen LogP contribution in [0.25, 0.3) is 0 Å². The van der Waals surface area contributed by atoms with E-state index >= 15 is 0 Å². The number of benzene rings is 1. The van der Waals surface area contributed by atoms with Crippen molar-refractivity contribution in [1.29, 1.82) is 0 Å². The van der Waals surface area contributed by atoms with E-state index in [9.17, 15) is 14.4 Å². The summed E-state index contributed by atoms with van der Waals surface area (Å²) in [5.41, 5.74) is 0.436. The van der Waals surface area contributed by atoms with Gasteiger partial charge in [-0.15, -0.1) is 0 Å². The molecule has 0 spiro atoms. The smallest absolute Gasteiger partial charge is 0.251 e. The first-order valence-electron chi connectivity index (χ1n) is 7.79. The third-order valence-electron chi connectivity index (χ3n) is 3.66. The SMILES string of the molecule is C=CC(=O)N(C)c1ccc(C(=O)NCC(C)(C)C(=O)NCC)cc1. The third-order valence-corrected chi connectivity index (χ3v) is 3.66. The monoisotopic (exact) mass is 331 g/mol. The minimum absolute atomic E-state index is 0.106. The van der Waals surface area contributed by atoms with Crippen molar-refractivity contribution in [2.24, 2.45) is 5.41 Å². The van der Waals surface area contributed by atoms with Gasteiger partial charge in [-0.25, -0.2) is 0 Å². The van der Waals surface area contributed by atoms with E-state index in [1.807, 2.05) is 6.92 Å². The quantitative estimate of drug-likeness (QED) is 0.747. The van der Waals surface area contributed by atoms with Gasteiger partial charge in [-0.05, 0) is 51.1 Å². The van der Waals surface area contributed by atoms with Crippen LogP contribution in [0.1, 0.15) is 31.1 Å². The first kappa shape index (κ1) is 19.4. The highest BCUT2D eigenvalue weighted by molar-refractivity contribution is 6.01. The molecule has 3 amide bonds. The minimum atomic E-state index is -0.692. The van der Waals surface area contributed by atoms with Crippen LogP contribution < -0.4 is 15.5 Å². The highest BCUT2D eigenvalue weighted by Gasteiger charge is 2.27. The number of anilines is 1. The van der Waals surface area contributed by atoms with Gasteiger partial charge >= 0.3 is 0 Å². The fourth-order valence-electron chi connectivity index (χ4n) is 1.98. The Morgan fingerprint density at radius 3 is 2.25 bits per heavy atom. The molecule has 0 heterocycles. The Labute approximate surface area is 142 Å². The van der Waals surface area contributed by atoms with Crippen molar-refractivity contribution in [3.63, 3.8) is 0 Å². The second-order valence-electron chi connectivity index (χ2n) is 6.07. The summed E-state index contributed by atoms with van der Waals surface area (Å²) in [5, 5.41) is 5.51. The molecule has 0 fully saturated rings. The molecule has 1 aromatic rings. The maximum absolute atomic E-state index is 12.2. The fraction of sp³-hybridized carbons (Fsp3) is 0.389. The molecule has 0 atom stereocenters. The van der Waals surface area contributed by atoms with Gasteiger partial charge in [-0.1, -0.05) is 6.58 Å². The number of nitrogens with one attached hydrogen (secondary N) is 2. The lowest BCUT2D eigenvalue weighted by Crippen LogP contribution is -2.44. The van der Waals surface area contributed by atoms with Crippen LogP contribution in [0.2, 0.25) is 0 Å². The number of hydrogen-bond donors (Lipinski definition) is 2. The average Bonchev–Trinajstić information content (AvgIpc) is 2.58. The summed E-state index contributed by atoms with van der Waals surface area (Å²) in [6, 6.07) is 6.64. The van der Waals surface area contributed by atoms with E-state index in [0.717, 1.165) is 0 Å². The number of hydrogen-bond acceptors (Lipinski definition) is 3. The molecule has 130 valence electrons. The molecule has 0 radical (unpaired) electrons. The molecule has 0 saturated heterocycles. The Kier molecular flexibility index (Phi) is 6.70. The zero-order chi connectivity index (χ0) is 18.3. The first-order chi connectivity index (χ1) is 11.2. The van der Waals surface area contributed by atoms with Crippen molar-refractivity contribution in [3.8, 4) is 0 Å². The maximum atomic E-state index is 12.2. The van der Waals surface area contributed by atoms with Gasteiger partial charge < -0.3 is 15.5 Å². The van der Waals surface area contributed by atoms with Crippen LogP contribution in [0.3, 0.4) is 0 Å². The molecule has 0 aliphatic heterocycles. The molecule has 0 unspecified atom stereocenters. The highest BCUT2D eigenvalue weighted by atomic mass is 16.2. The van der Waals surface area contributed by atoms with Gasteiger partial charge in [0, 0.05) is 31.4 Å². The van der Waals surface area contributed by atoms with Gasteiger partial charge in [-0.3, -0.25) is 14.4 Å². The van der Waals surface area contributed by atoms with Crippen LogP contribution in [0, 0.1) is 5.41 Å². The van der Waals surface area contributed by atoms with E-state index in [0.29, 0.717) is 17.8 Å². The van der Waals surface area contributed by atoms with Crippen LogP contribution >= 0.6 is 0 Å². The second-order valence-corrected chi connectivity index (χ2v) is 6.07. The van der Waals surface area contributed by atoms with Crippen molar-refractivity contribution in [2.75, 3.05) is 25.0 Å². The number of nitrogens with zero attached hydrogens (tertiary/aromatic N) is 1. The van der Waals surface area contributed by atoms with E-state index < -0.39 is 5.41 Å². The Balaban J connectivity index is 2.71. The minimum Gasteiger partial charge on any atom is -0.356 e. The summed E-state index contributed by atoms with van der Waals surface area (Å²) in [5.74, 6) is -0.599. The van der Waals surface area contributed by atoms with Crippen LogP contribution in [-0.2, 0) is 9.59 Å². The fourth-order valence-corrected chi connectivity index (χ4v) is 1.98. The van der Waals surface area contributed by atoms with Gasteiger partial charge in [0.25, 0.3) is 5.91 Å². The third kappa shape index (κ3) is 4.94. The first-order valence-corrected chi connectivity index (χ1v) is 7.79. The van der Waals surface area contributed by atoms with Crippen molar-refractivity contribution >= 4 is 23.4 Å². The van der Waals surface area contributed by atoms with Gasteiger partial charge in [0.15, 0.2) is 0 Å².